The van der Waals surface area contributed by atoms with E-state index in [0.717, 1.165) is 30.9 Å². The number of benzene rings is 2. The molecule has 0 spiro atoms. The van der Waals surface area contributed by atoms with Gasteiger partial charge in [-0.25, -0.2) is 9.07 Å². The van der Waals surface area contributed by atoms with Gasteiger partial charge in [-0.05, 0) is 42.3 Å². The van der Waals surface area contributed by atoms with E-state index in [-0.39, 0.29) is 31.2 Å². The largest absolute Gasteiger partial charge is 0.369 e. The third-order valence-corrected chi connectivity index (χ3v) is 7.42. The van der Waals surface area contributed by atoms with Crippen molar-refractivity contribution in [3.8, 4) is 5.69 Å². The molecule has 2 fully saturated rings. The molecule has 4 heterocycles. The van der Waals surface area contributed by atoms with E-state index < -0.39 is 17.8 Å². The van der Waals surface area contributed by atoms with Crippen molar-refractivity contribution in [2.75, 3.05) is 31.1 Å². The van der Waals surface area contributed by atoms with Crippen LogP contribution in [0.25, 0.3) is 5.69 Å². The second kappa shape index (κ2) is 9.44. The Morgan fingerprint density at radius 1 is 1.03 bits per heavy atom. The summed E-state index contributed by atoms with van der Waals surface area (Å²) in [6.45, 7) is 4.06. The van der Waals surface area contributed by atoms with Gasteiger partial charge in [0.2, 0.25) is 11.8 Å². The van der Waals surface area contributed by atoms with Gasteiger partial charge >= 0.3 is 0 Å². The van der Waals surface area contributed by atoms with Crippen LogP contribution in [0.5, 0.6) is 0 Å². The van der Waals surface area contributed by atoms with Crippen molar-refractivity contribution in [3.63, 3.8) is 0 Å². The third-order valence-electron chi connectivity index (χ3n) is 7.42. The maximum Gasteiger partial charge on any atom is 0.255 e. The Morgan fingerprint density at radius 3 is 2.51 bits per heavy atom. The van der Waals surface area contributed by atoms with Crippen molar-refractivity contribution in [1.29, 1.82) is 0 Å². The van der Waals surface area contributed by atoms with E-state index in [1.54, 1.807) is 6.20 Å². The van der Waals surface area contributed by atoms with E-state index >= 15 is 0 Å². The lowest BCUT2D eigenvalue weighted by atomic mass is 10.0. The van der Waals surface area contributed by atoms with Crippen LogP contribution in [0.15, 0.2) is 54.9 Å². The van der Waals surface area contributed by atoms with Gasteiger partial charge < -0.3 is 9.80 Å². The van der Waals surface area contributed by atoms with Crippen LogP contribution in [-0.4, -0.2) is 69.5 Å². The minimum atomic E-state index is -0.718. The zero-order valence-corrected chi connectivity index (χ0v) is 20.3. The van der Waals surface area contributed by atoms with E-state index in [4.69, 9.17) is 0 Å². The lowest BCUT2D eigenvalue weighted by Crippen LogP contribution is -2.52. The van der Waals surface area contributed by atoms with E-state index in [1.807, 2.05) is 16.9 Å². The fraction of sp³-hybridized carbons (Fsp3) is 0.333. The van der Waals surface area contributed by atoms with Crippen molar-refractivity contribution < 1.29 is 18.8 Å². The molecule has 3 aliphatic heterocycles. The van der Waals surface area contributed by atoms with Crippen LogP contribution >= 0.6 is 0 Å². The number of carbonyl (C=O) groups excluding carboxylic acids is 3. The number of nitrogens with zero attached hydrogens (tertiary/aromatic N) is 5. The molecule has 3 amide bonds. The topological polar surface area (TPSA) is 90.8 Å². The number of aromatic nitrogens is 2. The van der Waals surface area contributed by atoms with Gasteiger partial charge in [0.1, 0.15) is 11.9 Å². The molecule has 1 N–H and O–H groups in total. The average molecular weight is 503 g/mol. The first-order valence-electron chi connectivity index (χ1n) is 12.5. The fourth-order valence-corrected chi connectivity index (χ4v) is 5.47. The highest BCUT2D eigenvalue weighted by atomic mass is 19.1. The minimum absolute atomic E-state index is 0.186. The van der Waals surface area contributed by atoms with Crippen molar-refractivity contribution in [1.82, 2.24) is 24.9 Å². The van der Waals surface area contributed by atoms with E-state index in [1.165, 1.54) is 22.6 Å². The van der Waals surface area contributed by atoms with E-state index in [0.29, 0.717) is 24.3 Å². The predicted molar refractivity (Wildman–Crippen MR) is 133 cm³/mol. The maximum atomic E-state index is 14.6. The van der Waals surface area contributed by atoms with Crippen LogP contribution in [0.2, 0.25) is 0 Å². The Balaban J connectivity index is 1.13. The molecule has 37 heavy (non-hydrogen) atoms. The van der Waals surface area contributed by atoms with Crippen LogP contribution in [0.3, 0.4) is 0 Å². The highest BCUT2D eigenvalue weighted by Gasteiger charge is 2.41. The lowest BCUT2D eigenvalue weighted by Gasteiger charge is -2.37. The Kier molecular flexibility index (Phi) is 5.96. The molecule has 9 nitrogen and oxygen atoms in total. The molecule has 0 bridgehead atoms. The van der Waals surface area contributed by atoms with Crippen molar-refractivity contribution in [2.45, 2.75) is 32.0 Å². The zero-order chi connectivity index (χ0) is 25.5. The van der Waals surface area contributed by atoms with Gasteiger partial charge in [-0.1, -0.05) is 12.1 Å². The first kappa shape index (κ1) is 23.4. The summed E-state index contributed by atoms with van der Waals surface area (Å²) < 4.78 is 16.4. The minimum Gasteiger partial charge on any atom is -0.369 e. The maximum absolute atomic E-state index is 14.6. The molecule has 3 aromatic rings. The standard InChI is InChI=1S/C27H27FN6O3/c28-19-14-21-22(17-33(27(21)37)23-6-7-25(35)30-26(23)36)24(15-19)32-12-10-31(11-13-32)16-18-2-4-20(5-3-18)34-9-1-8-29-34/h1-5,8-9,14-15,23H,6-7,10-13,16-17H2,(H,30,35,36). The monoisotopic (exact) mass is 502 g/mol. The lowest BCUT2D eigenvalue weighted by molar-refractivity contribution is -0.136. The molecule has 10 heteroatoms. The molecular weight excluding hydrogens is 475 g/mol. The summed E-state index contributed by atoms with van der Waals surface area (Å²) in [4.78, 5) is 43.0. The Morgan fingerprint density at radius 2 is 1.81 bits per heavy atom. The zero-order valence-electron chi connectivity index (χ0n) is 20.3. The number of piperidine rings is 1. The molecule has 1 aromatic heterocycles. The second-order valence-electron chi connectivity index (χ2n) is 9.73. The summed E-state index contributed by atoms with van der Waals surface area (Å²) in [6, 6.07) is 12.3. The van der Waals surface area contributed by atoms with Gasteiger partial charge in [-0.2, -0.15) is 5.10 Å². The van der Waals surface area contributed by atoms with Gasteiger partial charge in [-0.3, -0.25) is 24.6 Å². The fourth-order valence-electron chi connectivity index (χ4n) is 5.47. The number of carbonyl (C=O) groups is 3. The number of nitrogens with one attached hydrogen (secondary N) is 1. The summed E-state index contributed by atoms with van der Waals surface area (Å²) in [5, 5.41) is 6.57. The quantitative estimate of drug-likeness (QED) is 0.538. The molecular formula is C27H27FN6O3. The van der Waals surface area contributed by atoms with Crippen molar-refractivity contribution >= 4 is 23.4 Å². The molecule has 6 rings (SSSR count). The number of hydrogen-bond acceptors (Lipinski definition) is 6. The van der Waals surface area contributed by atoms with Crippen LogP contribution in [0, 0.1) is 5.82 Å². The summed E-state index contributed by atoms with van der Waals surface area (Å²) in [5.74, 6) is -1.62. The first-order valence-corrected chi connectivity index (χ1v) is 12.5. The van der Waals surface area contributed by atoms with Crippen LogP contribution in [0.1, 0.15) is 34.3 Å². The first-order chi connectivity index (χ1) is 18.0. The predicted octanol–water partition coefficient (Wildman–Crippen LogP) is 2.09. The molecule has 1 atom stereocenters. The smallest absolute Gasteiger partial charge is 0.255 e. The molecule has 2 aromatic carbocycles. The summed E-state index contributed by atoms with van der Waals surface area (Å²) in [7, 11) is 0. The number of rotatable bonds is 5. The van der Waals surface area contributed by atoms with Crippen LogP contribution in [-0.2, 0) is 22.7 Å². The second-order valence-corrected chi connectivity index (χ2v) is 9.73. The summed E-state index contributed by atoms with van der Waals surface area (Å²) in [6.07, 6.45) is 4.13. The molecule has 3 aliphatic rings. The highest BCUT2D eigenvalue weighted by Crippen LogP contribution is 2.35. The Labute approximate surface area is 213 Å². The SMILES string of the molecule is O=C1CCC(N2Cc3c(cc(F)cc3N3CCN(Cc4ccc(-n5cccn5)cc4)CC3)C2=O)C(=O)N1. The average Bonchev–Trinajstić information content (AvgIpc) is 3.54. The summed E-state index contributed by atoms with van der Waals surface area (Å²) >= 11 is 0. The number of anilines is 1. The van der Waals surface area contributed by atoms with E-state index in [2.05, 4.69) is 44.5 Å². The number of piperazine rings is 1. The van der Waals surface area contributed by atoms with Gasteiger partial charge in [0.15, 0.2) is 0 Å². The number of hydrogen-bond donors (Lipinski definition) is 1. The number of imide groups is 1. The van der Waals surface area contributed by atoms with Crippen molar-refractivity contribution in [2.24, 2.45) is 0 Å². The molecule has 0 saturated carbocycles. The van der Waals surface area contributed by atoms with Crippen LogP contribution in [0.4, 0.5) is 10.1 Å². The van der Waals surface area contributed by atoms with Gasteiger partial charge in [0, 0.05) is 74.9 Å². The Hall–Kier alpha value is -4.05. The molecule has 0 radical (unpaired) electrons. The van der Waals surface area contributed by atoms with E-state index in [9.17, 15) is 18.8 Å². The van der Waals surface area contributed by atoms with Gasteiger partial charge in [0.25, 0.3) is 5.91 Å². The number of amides is 3. The number of fused-ring (bicyclic) bond motifs is 1. The van der Waals surface area contributed by atoms with Crippen LogP contribution < -0.4 is 10.2 Å². The molecule has 190 valence electrons. The Bertz CT molecular complexity index is 1350. The normalized spacial score (nSPS) is 20.4. The molecule has 0 aliphatic carbocycles. The number of halogens is 1. The van der Waals surface area contributed by atoms with Gasteiger partial charge in [0.05, 0.1) is 5.69 Å². The highest BCUT2D eigenvalue weighted by molar-refractivity contribution is 6.06. The van der Waals surface area contributed by atoms with Crippen molar-refractivity contribution in [3.05, 3.63) is 77.4 Å². The summed E-state index contributed by atoms with van der Waals surface area (Å²) in [5.41, 5.74) is 3.99. The van der Waals surface area contributed by atoms with Gasteiger partial charge in [-0.15, -0.1) is 0 Å². The third kappa shape index (κ3) is 4.48. The molecule has 2 saturated heterocycles. The molecule has 1 unspecified atom stereocenters.